The van der Waals surface area contributed by atoms with E-state index in [4.69, 9.17) is 14.5 Å². The average Bonchev–Trinajstić information content (AvgIpc) is 2.87. The number of nitrogens with zero attached hydrogens (tertiary/aromatic N) is 3. The molecule has 2 aromatic heterocycles. The van der Waals surface area contributed by atoms with Gasteiger partial charge in [-0.25, -0.2) is 9.78 Å². The number of benzene rings is 2. The molecule has 0 radical (unpaired) electrons. The molecule has 0 N–H and O–H groups in total. The highest BCUT2D eigenvalue weighted by Gasteiger charge is 2.43. The van der Waals surface area contributed by atoms with E-state index in [-0.39, 0.29) is 5.57 Å². The monoisotopic (exact) mass is 495 g/mol. The van der Waals surface area contributed by atoms with Crippen LogP contribution in [0.5, 0.6) is 0 Å². The zero-order chi connectivity index (χ0) is 26.2. The zero-order valence-electron chi connectivity index (χ0n) is 21.3. The lowest BCUT2D eigenvalue weighted by Crippen LogP contribution is -2.48. The molecule has 7 nitrogen and oxygen atoms in total. The molecule has 0 amide bonds. The second kappa shape index (κ2) is 9.58. The SMILES string of the molecule is CN(C)c1ccc(C(C2=C([O-])OC(C)(C)OC2=O)C(c2ccc3ccccc3n2)[n+]2ccccc2)cc1. The van der Waals surface area contributed by atoms with Gasteiger partial charge in [-0.15, -0.1) is 0 Å². The minimum absolute atomic E-state index is 0.0618. The number of para-hydroxylation sites is 1. The molecule has 4 aromatic rings. The number of pyridine rings is 2. The highest BCUT2D eigenvalue weighted by Crippen LogP contribution is 2.41. The molecule has 1 aliphatic heterocycles. The van der Waals surface area contributed by atoms with Gasteiger partial charge in [-0.2, -0.15) is 4.57 Å². The fourth-order valence-electron chi connectivity index (χ4n) is 4.74. The maximum atomic E-state index is 13.4. The number of cyclic esters (lactones) is 1. The van der Waals surface area contributed by atoms with E-state index in [0.717, 1.165) is 22.2 Å². The first-order valence-corrected chi connectivity index (χ1v) is 12.2. The first-order valence-electron chi connectivity index (χ1n) is 12.2. The maximum absolute atomic E-state index is 13.4. The van der Waals surface area contributed by atoms with Crippen molar-refractivity contribution < 1.29 is 23.9 Å². The Balaban J connectivity index is 1.76. The summed E-state index contributed by atoms with van der Waals surface area (Å²) in [6.45, 7) is 3.10. The molecule has 0 fully saturated rings. The van der Waals surface area contributed by atoms with E-state index in [1.54, 1.807) is 13.8 Å². The predicted octanol–water partition coefficient (Wildman–Crippen LogP) is 3.84. The lowest BCUT2D eigenvalue weighted by atomic mass is 9.82. The number of anilines is 1. The molecule has 5 rings (SSSR count). The molecule has 1 aliphatic rings. The van der Waals surface area contributed by atoms with Crippen LogP contribution in [0.1, 0.15) is 37.1 Å². The quantitative estimate of drug-likeness (QED) is 0.299. The molecule has 0 saturated heterocycles. The van der Waals surface area contributed by atoms with Gasteiger partial charge in [0.1, 0.15) is 5.69 Å². The molecule has 0 aliphatic carbocycles. The summed E-state index contributed by atoms with van der Waals surface area (Å²) < 4.78 is 13.1. The van der Waals surface area contributed by atoms with Crippen LogP contribution in [0.15, 0.2) is 103 Å². The summed E-state index contributed by atoms with van der Waals surface area (Å²) in [4.78, 5) is 20.4. The van der Waals surface area contributed by atoms with E-state index in [1.807, 2.05) is 115 Å². The number of aromatic nitrogens is 2. The Morgan fingerprint density at radius 1 is 0.892 bits per heavy atom. The predicted molar refractivity (Wildman–Crippen MR) is 138 cm³/mol. The average molecular weight is 496 g/mol. The largest absolute Gasteiger partial charge is 0.575 e. The van der Waals surface area contributed by atoms with Crippen molar-refractivity contribution in [2.45, 2.75) is 31.6 Å². The van der Waals surface area contributed by atoms with Gasteiger partial charge in [-0.1, -0.05) is 42.5 Å². The van der Waals surface area contributed by atoms with Crippen molar-refractivity contribution >= 4 is 22.6 Å². The molecule has 2 atom stereocenters. The van der Waals surface area contributed by atoms with Crippen LogP contribution in [0.4, 0.5) is 5.69 Å². The number of esters is 1. The van der Waals surface area contributed by atoms with Crippen LogP contribution in [0.25, 0.3) is 10.9 Å². The molecular formula is C30H29N3O4. The van der Waals surface area contributed by atoms with Gasteiger partial charge in [-0.05, 0) is 43.7 Å². The molecule has 0 spiro atoms. The van der Waals surface area contributed by atoms with Gasteiger partial charge in [0, 0.05) is 37.3 Å². The van der Waals surface area contributed by atoms with E-state index in [0.29, 0.717) is 5.69 Å². The van der Waals surface area contributed by atoms with Crippen LogP contribution in [0, 0.1) is 0 Å². The Hall–Kier alpha value is -4.39. The second-order valence-electron chi connectivity index (χ2n) is 9.75. The van der Waals surface area contributed by atoms with Crippen molar-refractivity contribution in [3.63, 3.8) is 0 Å². The summed E-state index contributed by atoms with van der Waals surface area (Å²) in [7, 11) is 3.92. The van der Waals surface area contributed by atoms with E-state index in [2.05, 4.69) is 0 Å². The summed E-state index contributed by atoms with van der Waals surface area (Å²) in [5.41, 5.74) is 3.23. The molecule has 188 valence electrons. The van der Waals surface area contributed by atoms with Crippen LogP contribution < -0.4 is 14.6 Å². The third-order valence-electron chi connectivity index (χ3n) is 6.49. The van der Waals surface area contributed by atoms with Crippen molar-refractivity contribution in [3.05, 3.63) is 114 Å². The Kier molecular flexibility index (Phi) is 6.29. The third-order valence-corrected chi connectivity index (χ3v) is 6.49. The van der Waals surface area contributed by atoms with Crippen molar-refractivity contribution in [1.82, 2.24) is 4.98 Å². The van der Waals surface area contributed by atoms with Gasteiger partial charge in [0.25, 0.3) is 0 Å². The Morgan fingerprint density at radius 3 is 2.27 bits per heavy atom. The third kappa shape index (κ3) is 4.85. The fourth-order valence-corrected chi connectivity index (χ4v) is 4.74. The fraction of sp³-hybridized carbons (Fsp3) is 0.233. The molecule has 3 heterocycles. The van der Waals surface area contributed by atoms with Gasteiger partial charge >= 0.3 is 5.97 Å². The van der Waals surface area contributed by atoms with Crippen LogP contribution in [0.2, 0.25) is 0 Å². The Bertz CT molecular complexity index is 1460. The summed E-state index contributed by atoms with van der Waals surface area (Å²) >= 11 is 0. The molecule has 0 bridgehead atoms. The minimum Gasteiger partial charge on any atom is -0.575 e. The number of carbonyl (C=O) groups is 1. The number of carbonyl (C=O) groups excluding carboxylic acids is 1. The van der Waals surface area contributed by atoms with Gasteiger partial charge in [0.05, 0.1) is 23.0 Å². The van der Waals surface area contributed by atoms with E-state index >= 15 is 0 Å². The number of hydrogen-bond acceptors (Lipinski definition) is 6. The first kappa shape index (κ1) is 24.3. The number of fused-ring (bicyclic) bond motifs is 1. The standard InChI is InChI=1S/C30H29N3O4/c1-30(2)36-28(34)26(29(35)37-30)25(21-12-15-22(16-13-21)32(3)4)27(33-18-8-5-9-19-33)24-17-14-20-10-6-7-11-23(20)31-24/h5-19,25,27H,1-4H3. The van der Waals surface area contributed by atoms with Crippen LogP contribution in [-0.4, -0.2) is 30.8 Å². The molecule has 2 unspecified atom stereocenters. The second-order valence-corrected chi connectivity index (χ2v) is 9.75. The summed E-state index contributed by atoms with van der Waals surface area (Å²) in [5, 5.41) is 14.4. The number of rotatable bonds is 6. The zero-order valence-corrected chi connectivity index (χ0v) is 21.3. The van der Waals surface area contributed by atoms with Crippen LogP contribution in [0.3, 0.4) is 0 Å². The van der Waals surface area contributed by atoms with Crippen LogP contribution >= 0.6 is 0 Å². The van der Waals surface area contributed by atoms with Crippen molar-refractivity contribution in [3.8, 4) is 0 Å². The Morgan fingerprint density at radius 2 is 1.59 bits per heavy atom. The highest BCUT2D eigenvalue weighted by molar-refractivity contribution is 5.91. The van der Waals surface area contributed by atoms with Gasteiger partial charge in [0.15, 0.2) is 18.2 Å². The number of ether oxygens (including phenoxy) is 2. The smallest absolute Gasteiger partial charge is 0.338 e. The molecule has 37 heavy (non-hydrogen) atoms. The summed E-state index contributed by atoms with van der Waals surface area (Å²) in [6.07, 6.45) is 3.82. The van der Waals surface area contributed by atoms with Gasteiger partial charge < -0.3 is 19.5 Å². The maximum Gasteiger partial charge on any atom is 0.338 e. The lowest BCUT2D eigenvalue weighted by Gasteiger charge is -2.41. The van der Waals surface area contributed by atoms with Crippen molar-refractivity contribution in [2.75, 3.05) is 19.0 Å². The molecule has 7 heteroatoms. The topological polar surface area (TPSA) is 78.6 Å². The molecule has 2 aromatic carbocycles. The minimum atomic E-state index is -1.34. The summed E-state index contributed by atoms with van der Waals surface area (Å²) in [5.74, 6) is -3.45. The van der Waals surface area contributed by atoms with E-state index in [9.17, 15) is 9.90 Å². The van der Waals surface area contributed by atoms with Crippen molar-refractivity contribution in [2.24, 2.45) is 0 Å². The molecular weight excluding hydrogens is 466 g/mol. The van der Waals surface area contributed by atoms with E-state index < -0.39 is 29.7 Å². The van der Waals surface area contributed by atoms with Gasteiger partial charge in [-0.3, -0.25) is 0 Å². The van der Waals surface area contributed by atoms with Crippen LogP contribution in [-0.2, 0) is 14.3 Å². The van der Waals surface area contributed by atoms with Gasteiger partial charge in [0.2, 0.25) is 6.04 Å². The van der Waals surface area contributed by atoms with Crippen molar-refractivity contribution in [1.29, 1.82) is 0 Å². The molecule has 0 saturated carbocycles. The Labute approximate surface area is 216 Å². The highest BCUT2D eigenvalue weighted by atomic mass is 16.8. The summed E-state index contributed by atoms with van der Waals surface area (Å²) in [6, 6.07) is 24.8. The normalized spacial score (nSPS) is 16.6. The lowest BCUT2D eigenvalue weighted by molar-refractivity contribution is -0.716. The van der Waals surface area contributed by atoms with E-state index in [1.165, 1.54) is 0 Å². The number of hydrogen-bond donors (Lipinski definition) is 0. The first-order chi connectivity index (χ1) is 17.7.